The summed E-state index contributed by atoms with van der Waals surface area (Å²) in [5.74, 6) is -0.585. The van der Waals surface area contributed by atoms with E-state index in [2.05, 4.69) is 15.9 Å². The van der Waals surface area contributed by atoms with Crippen LogP contribution in [-0.4, -0.2) is 47.9 Å². The molecule has 1 saturated carbocycles. The summed E-state index contributed by atoms with van der Waals surface area (Å²) in [7, 11) is 0. The van der Waals surface area contributed by atoms with E-state index in [0.717, 1.165) is 30.2 Å². The largest absolute Gasteiger partial charge is 0.376 e. The summed E-state index contributed by atoms with van der Waals surface area (Å²) < 4.78 is 6.55. The van der Waals surface area contributed by atoms with Crippen molar-refractivity contribution in [1.29, 1.82) is 0 Å². The van der Waals surface area contributed by atoms with Gasteiger partial charge in [0.15, 0.2) is 0 Å². The van der Waals surface area contributed by atoms with Crippen LogP contribution in [-0.2, 0) is 19.1 Å². The fraction of sp³-hybridized carbons (Fsp3) is 0.526. The molecule has 3 fully saturated rings. The summed E-state index contributed by atoms with van der Waals surface area (Å²) in [5.41, 5.74) is 0.543. The number of halogens is 1. The summed E-state index contributed by atoms with van der Waals surface area (Å²) in [6.45, 7) is 1.09. The molecule has 2 aliphatic heterocycles. The molecule has 6 nitrogen and oxygen atoms in total. The van der Waals surface area contributed by atoms with Gasteiger partial charge >= 0.3 is 0 Å². The topological polar surface area (TPSA) is 66.9 Å². The first-order chi connectivity index (χ1) is 12.5. The van der Waals surface area contributed by atoms with Crippen LogP contribution < -0.4 is 4.90 Å². The highest BCUT2D eigenvalue weighted by Crippen LogP contribution is 2.35. The maximum atomic E-state index is 13.0. The Kier molecular flexibility index (Phi) is 4.84. The summed E-state index contributed by atoms with van der Waals surface area (Å²) in [6.07, 6.45) is 3.60. The molecule has 3 aliphatic rings. The molecular formula is C19H21BrN2O4. The van der Waals surface area contributed by atoms with Crippen molar-refractivity contribution in [3.8, 4) is 0 Å². The first-order valence-electron chi connectivity index (χ1n) is 9.09. The predicted octanol–water partition coefficient (Wildman–Crippen LogP) is 2.50. The van der Waals surface area contributed by atoms with E-state index in [0.29, 0.717) is 18.8 Å². The Hall–Kier alpha value is -1.73. The molecular weight excluding hydrogens is 400 g/mol. The normalized spacial score (nSPS) is 25.8. The van der Waals surface area contributed by atoms with Gasteiger partial charge in [0.25, 0.3) is 5.91 Å². The molecule has 0 N–H and O–H groups in total. The van der Waals surface area contributed by atoms with Crippen LogP contribution in [0, 0.1) is 5.92 Å². The molecule has 26 heavy (non-hydrogen) atoms. The van der Waals surface area contributed by atoms with Crippen LogP contribution >= 0.6 is 15.9 Å². The van der Waals surface area contributed by atoms with E-state index in [1.807, 2.05) is 0 Å². The molecule has 2 saturated heterocycles. The van der Waals surface area contributed by atoms with Gasteiger partial charge in [-0.1, -0.05) is 15.9 Å². The molecule has 2 unspecified atom stereocenters. The van der Waals surface area contributed by atoms with Crippen molar-refractivity contribution < 1.29 is 19.1 Å². The fourth-order valence-electron chi connectivity index (χ4n) is 3.66. The van der Waals surface area contributed by atoms with Gasteiger partial charge in [-0.15, -0.1) is 0 Å². The Bertz CT molecular complexity index is 726. The average Bonchev–Trinajstić information content (AvgIpc) is 3.27. The lowest BCUT2D eigenvalue weighted by Gasteiger charge is -2.30. The third-order valence-electron chi connectivity index (χ3n) is 5.22. The second-order valence-corrected chi connectivity index (χ2v) is 8.08. The second kappa shape index (κ2) is 7.12. The quantitative estimate of drug-likeness (QED) is 0.686. The van der Waals surface area contributed by atoms with Crippen molar-refractivity contribution in [1.82, 2.24) is 4.90 Å². The van der Waals surface area contributed by atoms with E-state index in [1.54, 1.807) is 29.2 Å². The summed E-state index contributed by atoms with van der Waals surface area (Å²) in [6, 6.07) is 6.33. The van der Waals surface area contributed by atoms with Gasteiger partial charge in [0.2, 0.25) is 11.8 Å². The van der Waals surface area contributed by atoms with Crippen molar-refractivity contribution in [3.05, 3.63) is 28.7 Å². The molecule has 1 aliphatic carbocycles. The number of benzene rings is 1. The Morgan fingerprint density at radius 3 is 2.54 bits per heavy atom. The highest BCUT2D eigenvalue weighted by Gasteiger charge is 2.47. The minimum absolute atomic E-state index is 0.000959. The van der Waals surface area contributed by atoms with E-state index < -0.39 is 6.04 Å². The first kappa shape index (κ1) is 17.7. The lowest BCUT2D eigenvalue weighted by atomic mass is 10.1. The average molecular weight is 421 g/mol. The highest BCUT2D eigenvalue weighted by molar-refractivity contribution is 9.10. The number of imide groups is 1. The molecule has 7 heteroatoms. The van der Waals surface area contributed by atoms with Gasteiger partial charge in [-0.05, 0) is 49.9 Å². The van der Waals surface area contributed by atoms with Crippen LogP contribution in [0.2, 0.25) is 0 Å². The molecule has 3 amide bonds. The number of ether oxygens (including phenoxy) is 1. The molecule has 4 rings (SSSR count). The number of carbonyl (C=O) groups is 3. The van der Waals surface area contributed by atoms with E-state index in [-0.39, 0.29) is 36.2 Å². The Morgan fingerprint density at radius 1 is 1.19 bits per heavy atom. The number of carbonyl (C=O) groups excluding carboxylic acids is 3. The van der Waals surface area contributed by atoms with Crippen LogP contribution in [0.5, 0.6) is 0 Å². The molecule has 0 aromatic heterocycles. The molecule has 0 radical (unpaired) electrons. The van der Waals surface area contributed by atoms with Crippen LogP contribution in [0.3, 0.4) is 0 Å². The Balaban J connectivity index is 1.57. The molecule has 1 aromatic carbocycles. The summed E-state index contributed by atoms with van der Waals surface area (Å²) >= 11 is 3.35. The van der Waals surface area contributed by atoms with Crippen molar-refractivity contribution in [2.45, 2.75) is 44.2 Å². The van der Waals surface area contributed by atoms with Crippen molar-refractivity contribution >= 4 is 39.3 Å². The van der Waals surface area contributed by atoms with Gasteiger partial charge in [0.05, 0.1) is 18.2 Å². The zero-order valence-electron chi connectivity index (χ0n) is 14.4. The highest BCUT2D eigenvalue weighted by atomic mass is 79.9. The monoisotopic (exact) mass is 420 g/mol. The third-order valence-corrected chi connectivity index (χ3v) is 5.75. The first-order valence-corrected chi connectivity index (χ1v) is 9.88. The smallest absolute Gasteiger partial charge is 0.257 e. The zero-order valence-corrected chi connectivity index (χ0v) is 16.0. The van der Waals surface area contributed by atoms with Crippen LogP contribution in [0.25, 0.3) is 0 Å². The van der Waals surface area contributed by atoms with Gasteiger partial charge in [0, 0.05) is 23.5 Å². The molecule has 2 heterocycles. The van der Waals surface area contributed by atoms with Crippen molar-refractivity contribution in [2.75, 3.05) is 18.1 Å². The molecule has 0 bridgehead atoms. The van der Waals surface area contributed by atoms with Crippen LogP contribution in [0.15, 0.2) is 28.7 Å². The van der Waals surface area contributed by atoms with Crippen molar-refractivity contribution in [3.63, 3.8) is 0 Å². The fourth-order valence-corrected chi connectivity index (χ4v) is 3.93. The van der Waals surface area contributed by atoms with Gasteiger partial charge in [-0.25, -0.2) is 4.90 Å². The number of hydrogen-bond acceptors (Lipinski definition) is 4. The lowest BCUT2D eigenvalue weighted by Crippen LogP contribution is -2.49. The maximum Gasteiger partial charge on any atom is 0.257 e. The predicted molar refractivity (Wildman–Crippen MR) is 98.5 cm³/mol. The van der Waals surface area contributed by atoms with Crippen molar-refractivity contribution in [2.24, 2.45) is 5.92 Å². The van der Waals surface area contributed by atoms with E-state index in [1.165, 1.54) is 4.90 Å². The maximum absolute atomic E-state index is 13.0. The Labute approximate surface area is 160 Å². The molecule has 1 aromatic rings. The van der Waals surface area contributed by atoms with Gasteiger partial charge in [-0.2, -0.15) is 0 Å². The molecule has 2 atom stereocenters. The number of anilines is 1. The Morgan fingerprint density at radius 2 is 1.92 bits per heavy atom. The number of hydrogen-bond donors (Lipinski definition) is 0. The minimum Gasteiger partial charge on any atom is -0.376 e. The third kappa shape index (κ3) is 3.42. The number of rotatable bonds is 5. The second-order valence-electron chi connectivity index (χ2n) is 7.16. The summed E-state index contributed by atoms with van der Waals surface area (Å²) in [5, 5.41) is 0. The van der Waals surface area contributed by atoms with Gasteiger partial charge in [-0.3, -0.25) is 14.4 Å². The van der Waals surface area contributed by atoms with E-state index in [4.69, 9.17) is 4.74 Å². The summed E-state index contributed by atoms with van der Waals surface area (Å²) in [4.78, 5) is 41.2. The number of nitrogens with zero attached hydrogens (tertiary/aromatic N) is 2. The van der Waals surface area contributed by atoms with Gasteiger partial charge in [0.1, 0.15) is 6.04 Å². The van der Waals surface area contributed by atoms with Crippen LogP contribution in [0.1, 0.15) is 32.1 Å². The molecule has 138 valence electrons. The van der Waals surface area contributed by atoms with Crippen LogP contribution in [0.4, 0.5) is 5.69 Å². The SMILES string of the molecule is O=C1CC(N(CC2CCCO2)C(=O)C2CC2)C(=O)N1c1ccc(Br)cc1. The lowest BCUT2D eigenvalue weighted by molar-refractivity contribution is -0.141. The zero-order chi connectivity index (χ0) is 18.3. The minimum atomic E-state index is -0.719. The van der Waals surface area contributed by atoms with E-state index in [9.17, 15) is 14.4 Å². The number of amides is 3. The molecule has 0 spiro atoms. The standard InChI is InChI=1S/C19H21BrN2O4/c20-13-5-7-14(8-6-13)22-17(23)10-16(19(22)25)21(18(24)12-3-4-12)11-15-2-1-9-26-15/h5-8,12,15-16H,1-4,9-11H2. The van der Waals surface area contributed by atoms with Gasteiger partial charge < -0.3 is 9.64 Å². The van der Waals surface area contributed by atoms with E-state index >= 15 is 0 Å².